The van der Waals surface area contributed by atoms with Gasteiger partial charge in [-0.1, -0.05) is 49.5 Å². The minimum Gasteiger partial charge on any atom is -0.491 e. The minimum atomic E-state index is -0.885. The van der Waals surface area contributed by atoms with Gasteiger partial charge in [-0.2, -0.15) is 0 Å². The fourth-order valence-electron chi connectivity index (χ4n) is 3.17. The lowest BCUT2D eigenvalue weighted by molar-refractivity contribution is 0.0914. The number of aromatic nitrogens is 4. The number of benzene rings is 1. The summed E-state index contributed by atoms with van der Waals surface area (Å²) in [6, 6.07) is 6.86. The van der Waals surface area contributed by atoms with E-state index in [1.807, 2.05) is 0 Å². The van der Waals surface area contributed by atoms with E-state index < -0.39 is 17.4 Å². The first-order valence-electron chi connectivity index (χ1n) is 10.3. The molecule has 0 saturated carbocycles. The first kappa shape index (κ1) is 23.4. The lowest BCUT2D eigenvalue weighted by Gasteiger charge is -2.15. The topological polar surface area (TPSA) is 102 Å². The fraction of sp³-hybridized carbons (Fsp3) is 0.476. The van der Waals surface area contributed by atoms with Gasteiger partial charge in [-0.3, -0.25) is 14.3 Å². The van der Waals surface area contributed by atoms with E-state index in [1.54, 1.807) is 35.9 Å². The molecule has 1 atom stereocenters. The molecule has 0 radical (unpaired) electrons. The van der Waals surface area contributed by atoms with Crippen molar-refractivity contribution in [3.05, 3.63) is 50.1 Å². The molecule has 0 bridgehead atoms. The van der Waals surface area contributed by atoms with Gasteiger partial charge in [0, 0.05) is 17.8 Å². The number of imidazole rings is 1. The maximum Gasteiger partial charge on any atom is 0.329 e. The zero-order valence-corrected chi connectivity index (χ0v) is 19.2. The molecular weight excluding hydrogens is 440 g/mol. The molecule has 2 N–H and O–H groups in total. The van der Waals surface area contributed by atoms with Crippen molar-refractivity contribution in [1.29, 1.82) is 0 Å². The van der Waals surface area contributed by atoms with Crippen molar-refractivity contribution in [2.24, 2.45) is 7.05 Å². The molecule has 8 nitrogen and oxygen atoms in total. The van der Waals surface area contributed by atoms with Crippen LogP contribution in [0, 0.1) is 0 Å². The van der Waals surface area contributed by atoms with Crippen molar-refractivity contribution < 1.29 is 9.84 Å². The minimum absolute atomic E-state index is 0.0333. The zero-order valence-electron chi connectivity index (χ0n) is 17.6. The number of hydrogen-bond donors (Lipinski definition) is 2. The lowest BCUT2D eigenvalue weighted by Crippen LogP contribution is -2.30. The number of H-pyrrole nitrogens is 1. The molecule has 1 aromatic carbocycles. The maximum atomic E-state index is 12.5. The van der Waals surface area contributed by atoms with Crippen LogP contribution in [0.15, 0.2) is 39.0 Å². The highest BCUT2D eigenvalue weighted by Crippen LogP contribution is 2.23. The van der Waals surface area contributed by atoms with E-state index in [0.29, 0.717) is 21.6 Å². The number of unbranched alkanes of at least 4 members (excludes halogenated alkanes) is 3. The van der Waals surface area contributed by atoms with Gasteiger partial charge in [0.05, 0.1) is 6.54 Å². The molecule has 0 spiro atoms. The molecule has 3 rings (SSSR count). The van der Waals surface area contributed by atoms with Crippen molar-refractivity contribution in [3.8, 4) is 5.75 Å². The van der Waals surface area contributed by atoms with Crippen LogP contribution in [0.5, 0.6) is 5.75 Å². The quantitative estimate of drug-likeness (QED) is 0.332. The van der Waals surface area contributed by atoms with Crippen LogP contribution in [0.1, 0.15) is 32.6 Å². The smallest absolute Gasteiger partial charge is 0.329 e. The predicted molar refractivity (Wildman–Crippen MR) is 123 cm³/mol. The summed E-state index contributed by atoms with van der Waals surface area (Å²) in [5.41, 5.74) is -0.471. The van der Waals surface area contributed by atoms with Crippen LogP contribution in [0.4, 0.5) is 0 Å². The Balaban J connectivity index is 1.81. The summed E-state index contributed by atoms with van der Waals surface area (Å²) >= 11 is 7.40. The Morgan fingerprint density at radius 1 is 1.23 bits per heavy atom. The van der Waals surface area contributed by atoms with Crippen LogP contribution in [0.2, 0.25) is 5.02 Å². The van der Waals surface area contributed by atoms with Crippen molar-refractivity contribution >= 4 is 34.5 Å². The second-order valence-electron chi connectivity index (χ2n) is 7.32. The third kappa shape index (κ3) is 5.93. The lowest BCUT2D eigenvalue weighted by atomic mass is 10.2. The predicted octanol–water partition coefficient (Wildman–Crippen LogP) is 3.19. The number of hydrogen-bond acceptors (Lipinski definition) is 6. The van der Waals surface area contributed by atoms with Crippen LogP contribution in [-0.4, -0.2) is 42.7 Å². The molecule has 2 heterocycles. The standard InChI is InChI=1S/C21H27ClN4O4S/c1-3-4-5-6-11-31-21-23-18-17(19(28)24-20(29)25(18)2)26(21)12-15(27)13-30-16-9-7-14(22)8-10-16/h7-10,15,27H,3-6,11-13H2,1-2H3,(H,24,28,29). The second-order valence-corrected chi connectivity index (χ2v) is 8.82. The number of rotatable bonds is 11. The first-order chi connectivity index (χ1) is 14.9. The molecule has 0 saturated heterocycles. The molecule has 0 aliphatic rings. The van der Waals surface area contributed by atoms with Gasteiger partial charge < -0.3 is 14.4 Å². The van der Waals surface area contributed by atoms with Crippen LogP contribution in [-0.2, 0) is 13.6 Å². The number of nitrogens with zero attached hydrogens (tertiary/aromatic N) is 3. The molecule has 10 heteroatoms. The molecule has 0 aliphatic heterocycles. The Kier molecular flexibility index (Phi) is 8.22. The van der Waals surface area contributed by atoms with Gasteiger partial charge in [0.25, 0.3) is 5.56 Å². The van der Waals surface area contributed by atoms with Gasteiger partial charge in [-0.05, 0) is 30.7 Å². The van der Waals surface area contributed by atoms with E-state index >= 15 is 0 Å². The Morgan fingerprint density at radius 2 is 1.97 bits per heavy atom. The number of aromatic amines is 1. The summed E-state index contributed by atoms with van der Waals surface area (Å²) in [6.07, 6.45) is 3.59. The third-order valence-corrected chi connectivity index (χ3v) is 6.17. The Hall–Kier alpha value is -2.23. The summed E-state index contributed by atoms with van der Waals surface area (Å²) in [7, 11) is 1.56. The maximum absolute atomic E-state index is 12.5. The SMILES string of the molecule is CCCCCCSc1nc2c(c(=O)[nH]c(=O)n2C)n1CC(O)COc1ccc(Cl)cc1. The summed E-state index contributed by atoms with van der Waals surface area (Å²) in [6.45, 7) is 2.31. The zero-order chi connectivity index (χ0) is 22.4. The number of fused-ring (bicyclic) bond motifs is 1. The van der Waals surface area contributed by atoms with Crippen LogP contribution in [0.3, 0.4) is 0 Å². The third-order valence-electron chi connectivity index (χ3n) is 4.85. The average Bonchev–Trinajstić information content (AvgIpc) is 3.10. The van der Waals surface area contributed by atoms with Gasteiger partial charge in [-0.15, -0.1) is 0 Å². The summed E-state index contributed by atoms with van der Waals surface area (Å²) in [5.74, 6) is 1.43. The van der Waals surface area contributed by atoms with E-state index in [4.69, 9.17) is 16.3 Å². The fourth-order valence-corrected chi connectivity index (χ4v) is 4.30. The first-order valence-corrected chi connectivity index (χ1v) is 11.7. The normalized spacial score (nSPS) is 12.4. The summed E-state index contributed by atoms with van der Waals surface area (Å²) < 4.78 is 8.62. The molecule has 1 unspecified atom stereocenters. The van der Waals surface area contributed by atoms with Crippen molar-refractivity contribution in [1.82, 2.24) is 19.1 Å². The van der Waals surface area contributed by atoms with Crippen LogP contribution < -0.4 is 16.0 Å². The van der Waals surface area contributed by atoms with E-state index in [-0.39, 0.29) is 18.7 Å². The van der Waals surface area contributed by atoms with Crippen molar-refractivity contribution in [3.63, 3.8) is 0 Å². The number of thioether (sulfide) groups is 1. The van der Waals surface area contributed by atoms with Crippen LogP contribution >= 0.6 is 23.4 Å². The highest BCUT2D eigenvalue weighted by atomic mass is 35.5. The monoisotopic (exact) mass is 466 g/mol. The highest BCUT2D eigenvalue weighted by molar-refractivity contribution is 7.99. The van der Waals surface area contributed by atoms with Crippen molar-refractivity contribution in [2.75, 3.05) is 12.4 Å². The van der Waals surface area contributed by atoms with Gasteiger partial charge >= 0.3 is 5.69 Å². The largest absolute Gasteiger partial charge is 0.491 e. The van der Waals surface area contributed by atoms with Gasteiger partial charge in [0.1, 0.15) is 18.5 Å². The van der Waals surface area contributed by atoms with Crippen molar-refractivity contribution in [2.45, 2.75) is 50.4 Å². The summed E-state index contributed by atoms with van der Waals surface area (Å²) in [5, 5.41) is 11.8. The molecule has 2 aromatic heterocycles. The molecular formula is C21H27ClN4O4S. The Labute approximate surface area is 189 Å². The molecule has 0 fully saturated rings. The number of aliphatic hydroxyl groups is 1. The summed E-state index contributed by atoms with van der Waals surface area (Å²) in [4.78, 5) is 31.4. The van der Waals surface area contributed by atoms with E-state index in [9.17, 15) is 14.7 Å². The van der Waals surface area contributed by atoms with E-state index in [0.717, 1.165) is 25.0 Å². The van der Waals surface area contributed by atoms with E-state index in [1.165, 1.54) is 22.7 Å². The molecule has 3 aromatic rings. The van der Waals surface area contributed by atoms with Gasteiger partial charge in [0.2, 0.25) is 0 Å². The van der Waals surface area contributed by atoms with E-state index in [2.05, 4.69) is 16.9 Å². The molecule has 0 aliphatic carbocycles. The number of nitrogens with one attached hydrogen (secondary N) is 1. The Morgan fingerprint density at radius 3 is 2.68 bits per heavy atom. The molecule has 0 amide bonds. The number of halogens is 1. The number of ether oxygens (including phenoxy) is 1. The Bertz CT molecular complexity index is 1120. The highest BCUT2D eigenvalue weighted by Gasteiger charge is 2.20. The second kappa shape index (κ2) is 10.9. The van der Waals surface area contributed by atoms with Crippen LogP contribution in [0.25, 0.3) is 11.2 Å². The van der Waals surface area contributed by atoms with Gasteiger partial charge in [0.15, 0.2) is 16.3 Å². The molecule has 168 valence electrons. The number of aryl methyl sites for hydroxylation is 1. The number of aliphatic hydroxyl groups excluding tert-OH is 1. The average molecular weight is 467 g/mol. The van der Waals surface area contributed by atoms with Gasteiger partial charge in [-0.25, -0.2) is 9.78 Å². The molecule has 31 heavy (non-hydrogen) atoms.